The second kappa shape index (κ2) is 10.9. The number of rotatable bonds is 7. The third kappa shape index (κ3) is 7.65. The van der Waals surface area contributed by atoms with Gasteiger partial charge in [0.2, 0.25) is 5.96 Å². The quantitative estimate of drug-likeness (QED) is 0.230. The summed E-state index contributed by atoms with van der Waals surface area (Å²) in [4.78, 5) is 16.2. The van der Waals surface area contributed by atoms with Crippen LogP contribution in [0.25, 0.3) is 0 Å². The first-order valence-electron chi connectivity index (χ1n) is 9.60. The van der Waals surface area contributed by atoms with Crippen molar-refractivity contribution in [1.82, 2.24) is 10.6 Å². The van der Waals surface area contributed by atoms with Crippen LogP contribution in [0, 0.1) is 29.2 Å². The van der Waals surface area contributed by atoms with E-state index >= 15 is 0 Å². The minimum Gasteiger partial charge on any atom is -0.356 e. The summed E-state index contributed by atoms with van der Waals surface area (Å²) in [6, 6.07) is 4.85. The van der Waals surface area contributed by atoms with Crippen molar-refractivity contribution < 1.29 is 22.4 Å². The van der Waals surface area contributed by atoms with E-state index in [1.807, 2.05) is 13.8 Å². The molecule has 2 rings (SSSR count). The highest BCUT2D eigenvalue weighted by molar-refractivity contribution is 6.02. The van der Waals surface area contributed by atoms with Gasteiger partial charge in [0.1, 0.15) is 11.6 Å². The summed E-state index contributed by atoms with van der Waals surface area (Å²) in [5.41, 5.74) is 12.1. The molecule has 6 N–H and O–H groups in total. The van der Waals surface area contributed by atoms with E-state index < -0.39 is 41.4 Å². The van der Waals surface area contributed by atoms with Crippen LogP contribution in [0.15, 0.2) is 41.4 Å². The number of hydrogen-bond donors (Lipinski definition) is 4. The highest BCUT2D eigenvalue weighted by atomic mass is 19.2. The van der Waals surface area contributed by atoms with Gasteiger partial charge in [0, 0.05) is 24.2 Å². The molecule has 0 saturated heterocycles. The Morgan fingerprint density at radius 2 is 1.65 bits per heavy atom. The first kappa shape index (κ1) is 24.3. The zero-order valence-corrected chi connectivity index (χ0v) is 17.1. The number of nitrogens with two attached hydrogens (primary N) is 2. The molecule has 2 aromatic carbocycles. The Balaban J connectivity index is 2.13. The molecule has 31 heavy (non-hydrogen) atoms. The predicted octanol–water partition coefficient (Wildman–Crippen LogP) is 2.95. The number of guanidine groups is 1. The normalized spacial score (nSPS) is 13.8. The fourth-order valence-corrected chi connectivity index (χ4v) is 2.65. The number of hydrogen-bond acceptors (Lipinski definition) is 3. The lowest BCUT2D eigenvalue weighted by Crippen LogP contribution is -2.49. The van der Waals surface area contributed by atoms with Crippen LogP contribution in [0.2, 0.25) is 0 Å². The van der Waals surface area contributed by atoms with Crippen molar-refractivity contribution >= 4 is 11.9 Å². The summed E-state index contributed by atoms with van der Waals surface area (Å²) in [5.74, 6) is -4.39. The van der Waals surface area contributed by atoms with Gasteiger partial charge in [0.15, 0.2) is 11.6 Å². The molecule has 0 fully saturated rings. The SMILES string of the molecule is CC(C)CN/C(=N/C(=O)c1ccc(F)c(F)c1)NC(N)CC(N)c1cc(F)cc(F)c1. The van der Waals surface area contributed by atoms with Gasteiger partial charge in [-0.1, -0.05) is 13.8 Å². The van der Waals surface area contributed by atoms with Gasteiger partial charge in [-0.3, -0.25) is 4.79 Å². The maximum atomic E-state index is 13.4. The number of carbonyl (C=O) groups is 1. The number of benzene rings is 2. The van der Waals surface area contributed by atoms with Crippen LogP contribution >= 0.6 is 0 Å². The van der Waals surface area contributed by atoms with Crippen LogP contribution in [-0.4, -0.2) is 24.6 Å². The van der Waals surface area contributed by atoms with Crippen molar-refractivity contribution in [3.63, 3.8) is 0 Å². The summed E-state index contributed by atoms with van der Waals surface area (Å²) in [5, 5.41) is 5.71. The van der Waals surface area contributed by atoms with Crippen LogP contribution in [0.1, 0.15) is 42.2 Å². The average Bonchev–Trinajstić information content (AvgIpc) is 2.67. The second-order valence-electron chi connectivity index (χ2n) is 7.47. The Morgan fingerprint density at radius 3 is 2.23 bits per heavy atom. The van der Waals surface area contributed by atoms with E-state index in [1.165, 1.54) is 0 Å². The molecule has 2 aromatic rings. The minimum atomic E-state index is -1.17. The summed E-state index contributed by atoms with van der Waals surface area (Å²) in [6.45, 7) is 4.29. The van der Waals surface area contributed by atoms with E-state index in [2.05, 4.69) is 15.6 Å². The molecular weight excluding hydrogens is 414 g/mol. The maximum Gasteiger partial charge on any atom is 0.280 e. The molecule has 6 nitrogen and oxygen atoms in total. The molecule has 0 aliphatic heterocycles. The topological polar surface area (TPSA) is 106 Å². The highest BCUT2D eigenvalue weighted by Crippen LogP contribution is 2.18. The van der Waals surface area contributed by atoms with Gasteiger partial charge in [0.25, 0.3) is 5.91 Å². The molecule has 0 radical (unpaired) electrons. The monoisotopic (exact) mass is 439 g/mol. The summed E-state index contributed by atoms with van der Waals surface area (Å²) in [6.07, 6.45) is -0.775. The predicted molar refractivity (Wildman–Crippen MR) is 110 cm³/mol. The molecule has 2 unspecified atom stereocenters. The Kier molecular flexibility index (Phi) is 8.52. The van der Waals surface area contributed by atoms with Crippen molar-refractivity contribution in [2.24, 2.45) is 22.4 Å². The van der Waals surface area contributed by atoms with Gasteiger partial charge < -0.3 is 22.1 Å². The molecule has 0 saturated carbocycles. The summed E-state index contributed by atoms with van der Waals surface area (Å²) < 4.78 is 53.3. The molecule has 0 aromatic heterocycles. The molecule has 0 aliphatic carbocycles. The van der Waals surface area contributed by atoms with E-state index in [0.717, 1.165) is 36.4 Å². The van der Waals surface area contributed by atoms with E-state index in [9.17, 15) is 22.4 Å². The molecule has 0 heterocycles. The Bertz CT molecular complexity index is 931. The standard InChI is InChI=1S/C21H25F4N5O/c1-11(2)10-28-21(30-20(31)12-3-4-16(24)17(25)7-12)29-19(27)9-18(26)13-5-14(22)8-15(23)6-13/h3-8,11,18-19H,9-10,26-27H2,1-2H3,(H2,28,29,30,31). The summed E-state index contributed by atoms with van der Waals surface area (Å²) >= 11 is 0. The van der Waals surface area contributed by atoms with Gasteiger partial charge in [0.05, 0.1) is 6.17 Å². The first-order valence-corrected chi connectivity index (χ1v) is 9.60. The van der Waals surface area contributed by atoms with Gasteiger partial charge in [-0.15, -0.1) is 0 Å². The molecule has 0 spiro atoms. The summed E-state index contributed by atoms with van der Waals surface area (Å²) in [7, 11) is 0. The number of nitrogens with zero attached hydrogens (tertiary/aromatic N) is 1. The van der Waals surface area contributed by atoms with Gasteiger partial charge in [-0.05, 0) is 48.2 Å². The van der Waals surface area contributed by atoms with E-state index in [-0.39, 0.29) is 29.4 Å². The van der Waals surface area contributed by atoms with E-state index in [0.29, 0.717) is 6.54 Å². The van der Waals surface area contributed by atoms with Crippen LogP contribution < -0.4 is 22.1 Å². The molecule has 168 valence electrons. The number of halogens is 4. The third-order valence-corrected chi connectivity index (χ3v) is 4.20. The van der Waals surface area contributed by atoms with E-state index in [1.54, 1.807) is 0 Å². The van der Waals surface area contributed by atoms with Crippen LogP contribution in [0.4, 0.5) is 17.6 Å². The molecule has 0 bridgehead atoms. The van der Waals surface area contributed by atoms with Gasteiger partial charge in [-0.2, -0.15) is 4.99 Å². The molecule has 2 atom stereocenters. The van der Waals surface area contributed by atoms with Crippen molar-refractivity contribution in [3.05, 3.63) is 70.8 Å². The largest absolute Gasteiger partial charge is 0.356 e. The fourth-order valence-electron chi connectivity index (χ4n) is 2.65. The molecule has 1 amide bonds. The average molecular weight is 439 g/mol. The molecule has 0 aliphatic rings. The van der Waals surface area contributed by atoms with Crippen LogP contribution in [-0.2, 0) is 0 Å². The third-order valence-electron chi connectivity index (χ3n) is 4.20. The van der Waals surface area contributed by atoms with Crippen molar-refractivity contribution in [2.45, 2.75) is 32.5 Å². The molecular formula is C21H25F4N5O. The van der Waals surface area contributed by atoms with Gasteiger partial charge >= 0.3 is 0 Å². The molecule has 10 heteroatoms. The zero-order valence-electron chi connectivity index (χ0n) is 17.1. The van der Waals surface area contributed by atoms with Crippen molar-refractivity contribution in [1.29, 1.82) is 0 Å². The number of amides is 1. The van der Waals surface area contributed by atoms with Crippen LogP contribution in [0.3, 0.4) is 0 Å². The fraction of sp³-hybridized carbons (Fsp3) is 0.333. The lowest BCUT2D eigenvalue weighted by atomic mass is 10.0. The number of carbonyl (C=O) groups excluding carboxylic acids is 1. The Morgan fingerprint density at radius 1 is 1.00 bits per heavy atom. The zero-order chi connectivity index (χ0) is 23.1. The van der Waals surface area contributed by atoms with E-state index in [4.69, 9.17) is 11.5 Å². The van der Waals surface area contributed by atoms with Crippen LogP contribution in [0.5, 0.6) is 0 Å². The Labute approximate surface area is 177 Å². The van der Waals surface area contributed by atoms with Crippen molar-refractivity contribution in [3.8, 4) is 0 Å². The van der Waals surface area contributed by atoms with Crippen molar-refractivity contribution in [2.75, 3.05) is 6.54 Å². The minimum absolute atomic E-state index is 0.00792. The van der Waals surface area contributed by atoms with Gasteiger partial charge in [-0.25, -0.2) is 17.6 Å². The number of aliphatic imine (C=N–C) groups is 1. The number of nitrogens with one attached hydrogen (secondary N) is 2. The first-order chi connectivity index (χ1) is 14.5. The smallest absolute Gasteiger partial charge is 0.280 e. The lowest BCUT2D eigenvalue weighted by Gasteiger charge is -2.22. The maximum absolute atomic E-state index is 13.4. The lowest BCUT2D eigenvalue weighted by molar-refractivity contribution is 0.100. The highest BCUT2D eigenvalue weighted by Gasteiger charge is 2.16. The second-order valence-corrected chi connectivity index (χ2v) is 7.47. The Hall–Kier alpha value is -2.98.